The quantitative estimate of drug-likeness (QED) is 0.786. The Kier molecular flexibility index (Phi) is 7.63. The van der Waals surface area contributed by atoms with Crippen molar-refractivity contribution < 1.29 is 14.4 Å². The minimum atomic E-state index is -0.133. The fourth-order valence-electron chi connectivity index (χ4n) is 3.10. The molecule has 0 unspecified atom stereocenters. The van der Waals surface area contributed by atoms with E-state index in [4.69, 9.17) is 0 Å². The summed E-state index contributed by atoms with van der Waals surface area (Å²) in [4.78, 5) is 38.3. The lowest BCUT2D eigenvalue weighted by molar-refractivity contribution is -0.126. The number of amides is 3. The molecule has 142 valence electrons. The molecule has 1 aliphatic heterocycles. The van der Waals surface area contributed by atoms with E-state index in [1.807, 2.05) is 13.8 Å². The maximum Gasteiger partial charge on any atom is 0.253 e. The zero-order valence-corrected chi connectivity index (χ0v) is 15.7. The third-order valence-electron chi connectivity index (χ3n) is 4.52. The number of likely N-dealkylation sites (tertiary alicyclic amines) is 1. The molecule has 1 aromatic rings. The van der Waals surface area contributed by atoms with Gasteiger partial charge in [0, 0.05) is 37.3 Å². The minimum Gasteiger partial charge on any atom is -0.356 e. The first-order valence-corrected chi connectivity index (χ1v) is 9.52. The first-order chi connectivity index (χ1) is 12.5. The average Bonchev–Trinajstić information content (AvgIpc) is 2.66. The molecule has 0 bridgehead atoms. The van der Waals surface area contributed by atoms with E-state index in [1.165, 1.54) is 0 Å². The Balaban J connectivity index is 1.95. The molecule has 3 amide bonds. The molecule has 6 nitrogen and oxygen atoms in total. The highest BCUT2D eigenvalue weighted by Crippen LogP contribution is 2.20. The molecule has 0 radical (unpaired) electrons. The lowest BCUT2D eigenvalue weighted by atomic mass is 9.96. The minimum absolute atomic E-state index is 0.0245. The first kappa shape index (κ1) is 19.9. The van der Waals surface area contributed by atoms with Crippen molar-refractivity contribution in [3.8, 4) is 0 Å². The van der Waals surface area contributed by atoms with E-state index in [0.717, 1.165) is 25.7 Å². The van der Waals surface area contributed by atoms with Gasteiger partial charge in [0.15, 0.2) is 0 Å². The molecule has 0 spiro atoms. The molecule has 1 fully saturated rings. The molecular formula is C20H29N3O3. The Morgan fingerprint density at radius 1 is 1.12 bits per heavy atom. The van der Waals surface area contributed by atoms with Gasteiger partial charge in [0.2, 0.25) is 11.8 Å². The number of nitrogens with zero attached hydrogens (tertiary/aromatic N) is 1. The molecule has 0 aliphatic carbocycles. The number of rotatable bonds is 7. The maximum absolute atomic E-state index is 12.7. The zero-order chi connectivity index (χ0) is 18.9. The van der Waals surface area contributed by atoms with Gasteiger partial charge in [0.05, 0.1) is 5.92 Å². The van der Waals surface area contributed by atoms with Crippen LogP contribution in [0.5, 0.6) is 0 Å². The van der Waals surface area contributed by atoms with E-state index in [2.05, 4.69) is 10.6 Å². The van der Waals surface area contributed by atoms with Crippen molar-refractivity contribution in [1.82, 2.24) is 10.2 Å². The van der Waals surface area contributed by atoms with Crippen molar-refractivity contribution in [2.75, 3.05) is 25.0 Å². The number of hydrogen-bond donors (Lipinski definition) is 2. The average molecular weight is 359 g/mol. The van der Waals surface area contributed by atoms with Gasteiger partial charge in [-0.15, -0.1) is 0 Å². The van der Waals surface area contributed by atoms with Gasteiger partial charge in [-0.1, -0.05) is 13.8 Å². The predicted octanol–water partition coefficient (Wildman–Crippen LogP) is 2.80. The molecule has 1 aromatic carbocycles. The number of anilines is 1. The Labute approximate surface area is 155 Å². The van der Waals surface area contributed by atoms with E-state index < -0.39 is 0 Å². The van der Waals surface area contributed by atoms with Crippen molar-refractivity contribution in [3.63, 3.8) is 0 Å². The second-order valence-corrected chi connectivity index (χ2v) is 6.76. The molecule has 0 saturated carbocycles. The van der Waals surface area contributed by atoms with Crippen molar-refractivity contribution in [2.45, 2.75) is 46.0 Å². The highest BCUT2D eigenvalue weighted by atomic mass is 16.2. The second kappa shape index (κ2) is 9.94. The Bertz CT molecular complexity index is 628. The third kappa shape index (κ3) is 5.58. The van der Waals surface area contributed by atoms with Gasteiger partial charge in [0.25, 0.3) is 5.91 Å². The van der Waals surface area contributed by atoms with Gasteiger partial charge in [-0.2, -0.15) is 0 Å². The van der Waals surface area contributed by atoms with Crippen LogP contribution in [0, 0.1) is 5.92 Å². The van der Waals surface area contributed by atoms with Gasteiger partial charge >= 0.3 is 0 Å². The predicted molar refractivity (Wildman–Crippen MR) is 102 cm³/mol. The number of carbonyl (C=O) groups is 3. The molecular weight excluding hydrogens is 330 g/mol. The van der Waals surface area contributed by atoms with Gasteiger partial charge in [-0.25, -0.2) is 0 Å². The zero-order valence-electron chi connectivity index (χ0n) is 15.7. The third-order valence-corrected chi connectivity index (χ3v) is 4.52. The molecule has 2 N–H and O–H groups in total. The largest absolute Gasteiger partial charge is 0.356 e. The Hall–Kier alpha value is -2.37. The smallest absolute Gasteiger partial charge is 0.253 e. The number of piperidine rings is 1. The van der Waals surface area contributed by atoms with Crippen molar-refractivity contribution >= 4 is 23.4 Å². The topological polar surface area (TPSA) is 78.5 Å². The van der Waals surface area contributed by atoms with E-state index in [1.54, 1.807) is 29.2 Å². The SMILES string of the molecule is CCCNC(=O)[C@@H]1CCCN(C(=O)c2ccc(NC(=O)CCC)cc2)C1. The van der Waals surface area contributed by atoms with Gasteiger partial charge < -0.3 is 15.5 Å². The monoisotopic (exact) mass is 359 g/mol. The summed E-state index contributed by atoms with van der Waals surface area (Å²) in [5.41, 5.74) is 1.27. The maximum atomic E-state index is 12.7. The van der Waals surface area contributed by atoms with Crippen LogP contribution in [0.15, 0.2) is 24.3 Å². The fraction of sp³-hybridized carbons (Fsp3) is 0.550. The molecule has 6 heteroatoms. The summed E-state index contributed by atoms with van der Waals surface area (Å²) in [5, 5.41) is 5.73. The van der Waals surface area contributed by atoms with Crippen LogP contribution in [0.25, 0.3) is 0 Å². The summed E-state index contributed by atoms with van der Waals surface area (Å²) in [6.07, 6.45) is 3.84. The summed E-state index contributed by atoms with van der Waals surface area (Å²) in [5.74, 6) is -0.182. The van der Waals surface area contributed by atoms with Gasteiger partial charge in [-0.3, -0.25) is 14.4 Å². The summed E-state index contributed by atoms with van der Waals surface area (Å²) in [6.45, 7) is 5.78. The molecule has 1 saturated heterocycles. The standard InChI is InChI=1S/C20H29N3O3/c1-3-6-18(24)22-17-10-8-15(9-11-17)20(26)23-13-5-7-16(14-23)19(25)21-12-4-2/h8-11,16H,3-7,12-14H2,1-2H3,(H,21,25)(H,22,24)/t16-/m1/s1. The van der Waals surface area contributed by atoms with Crippen LogP contribution in [0.1, 0.15) is 56.3 Å². The van der Waals surface area contributed by atoms with Crippen LogP contribution in [0.4, 0.5) is 5.69 Å². The fourth-order valence-corrected chi connectivity index (χ4v) is 3.10. The van der Waals surface area contributed by atoms with Crippen molar-refractivity contribution in [1.29, 1.82) is 0 Å². The van der Waals surface area contributed by atoms with Crippen LogP contribution in [0.3, 0.4) is 0 Å². The summed E-state index contributed by atoms with van der Waals surface area (Å²) < 4.78 is 0. The number of hydrogen-bond acceptors (Lipinski definition) is 3. The molecule has 26 heavy (non-hydrogen) atoms. The molecule has 0 aromatic heterocycles. The lowest BCUT2D eigenvalue weighted by Crippen LogP contribution is -2.45. The number of benzene rings is 1. The Morgan fingerprint density at radius 3 is 2.50 bits per heavy atom. The summed E-state index contributed by atoms with van der Waals surface area (Å²) in [6, 6.07) is 6.95. The normalized spacial score (nSPS) is 16.8. The van der Waals surface area contributed by atoms with E-state index in [-0.39, 0.29) is 23.6 Å². The van der Waals surface area contributed by atoms with Crippen LogP contribution in [-0.4, -0.2) is 42.3 Å². The number of carbonyl (C=O) groups excluding carboxylic acids is 3. The summed E-state index contributed by atoms with van der Waals surface area (Å²) in [7, 11) is 0. The number of nitrogens with one attached hydrogen (secondary N) is 2. The van der Waals surface area contributed by atoms with Gasteiger partial charge in [-0.05, 0) is 49.9 Å². The highest BCUT2D eigenvalue weighted by Gasteiger charge is 2.28. The second-order valence-electron chi connectivity index (χ2n) is 6.76. The lowest BCUT2D eigenvalue weighted by Gasteiger charge is -2.32. The first-order valence-electron chi connectivity index (χ1n) is 9.52. The van der Waals surface area contributed by atoms with E-state index in [0.29, 0.717) is 37.3 Å². The van der Waals surface area contributed by atoms with Crippen LogP contribution in [0.2, 0.25) is 0 Å². The van der Waals surface area contributed by atoms with Crippen LogP contribution >= 0.6 is 0 Å². The molecule has 1 heterocycles. The molecule has 1 atom stereocenters. The van der Waals surface area contributed by atoms with Gasteiger partial charge in [0.1, 0.15) is 0 Å². The summed E-state index contributed by atoms with van der Waals surface area (Å²) >= 11 is 0. The van der Waals surface area contributed by atoms with E-state index >= 15 is 0 Å². The van der Waals surface area contributed by atoms with Crippen LogP contribution < -0.4 is 10.6 Å². The van der Waals surface area contributed by atoms with Crippen molar-refractivity contribution in [2.24, 2.45) is 5.92 Å². The molecule has 1 aliphatic rings. The van der Waals surface area contributed by atoms with Crippen LogP contribution in [-0.2, 0) is 9.59 Å². The highest BCUT2D eigenvalue weighted by molar-refractivity contribution is 5.96. The van der Waals surface area contributed by atoms with E-state index in [9.17, 15) is 14.4 Å². The van der Waals surface area contributed by atoms with Crippen molar-refractivity contribution in [3.05, 3.63) is 29.8 Å². The Morgan fingerprint density at radius 2 is 1.85 bits per heavy atom. The molecule has 2 rings (SSSR count).